The minimum atomic E-state index is -1.38. The molecule has 0 aliphatic rings. The van der Waals surface area contributed by atoms with Gasteiger partial charge in [0.2, 0.25) is 23.7 Å². The van der Waals surface area contributed by atoms with Crippen molar-refractivity contribution >= 4 is 142 Å². The topological polar surface area (TPSA) is 487 Å². The number of carbonyl (C=O) groups excluding carboxylic acids is 11. The molecule has 614 valence electrons. The van der Waals surface area contributed by atoms with Crippen LogP contribution in [0.2, 0.25) is 20.1 Å². The van der Waals surface area contributed by atoms with Gasteiger partial charge in [-0.05, 0) is 166 Å². The van der Waals surface area contributed by atoms with Crippen molar-refractivity contribution in [2.24, 2.45) is 15.7 Å². The quantitative estimate of drug-likeness (QED) is 0.0155. The molecule has 113 heavy (non-hydrogen) atoms. The number of aliphatic imine (C=N–C) groups is 2. The average molecular weight is 1650 g/mol. The maximum atomic E-state index is 13.2. The predicted molar refractivity (Wildman–Crippen MR) is 433 cm³/mol. The summed E-state index contributed by atoms with van der Waals surface area (Å²) in [7, 11) is 2.26. The molecule has 12 N–H and O–H groups in total. The third kappa shape index (κ3) is 33.4. The number of aromatic carboxylic acids is 1. The van der Waals surface area contributed by atoms with Crippen LogP contribution in [0.5, 0.6) is 0 Å². The summed E-state index contributed by atoms with van der Waals surface area (Å²) in [5, 5.41) is 49.5. The number of alkyl carbamates (subject to hydrolysis) is 4. The van der Waals surface area contributed by atoms with Gasteiger partial charge in [0.15, 0.2) is 0 Å². The number of benzene rings is 6. The number of methoxy groups -OCH3 is 2. The second kappa shape index (κ2) is 42.7. The highest BCUT2D eigenvalue weighted by molar-refractivity contribution is 6.41. The molecule has 37 heteroatoms. The van der Waals surface area contributed by atoms with Crippen LogP contribution in [-0.4, -0.2) is 164 Å². The number of nitrogens with zero attached hydrogens (tertiary/aromatic N) is 4. The molecule has 0 radical (unpaired) electrons. The molecular formula is C76H98Cl4N14O19. The molecule has 6 aromatic carbocycles. The molecule has 0 aliphatic heterocycles. The van der Waals surface area contributed by atoms with E-state index in [0.717, 1.165) is 23.8 Å². The van der Waals surface area contributed by atoms with Gasteiger partial charge in [-0.1, -0.05) is 107 Å². The van der Waals surface area contributed by atoms with E-state index >= 15 is 0 Å². The smallest absolute Gasteiger partial charge is 0.414 e. The molecule has 0 aromatic heterocycles. The molecule has 0 heterocycles. The van der Waals surface area contributed by atoms with E-state index in [2.05, 4.69) is 62.6 Å². The first-order valence-electron chi connectivity index (χ1n) is 33.6. The summed E-state index contributed by atoms with van der Waals surface area (Å²) in [5.41, 5.74) is 4.50. The Morgan fingerprint density at radius 1 is 0.451 bits per heavy atom. The lowest BCUT2D eigenvalue weighted by molar-refractivity contribution is -0.143. The Morgan fingerprint density at radius 2 is 0.770 bits per heavy atom. The van der Waals surface area contributed by atoms with Gasteiger partial charge in [0, 0.05) is 28.6 Å². The van der Waals surface area contributed by atoms with Crippen LogP contribution in [0.1, 0.15) is 146 Å². The molecule has 0 unspecified atom stereocenters. The van der Waals surface area contributed by atoms with Crippen molar-refractivity contribution in [3.8, 4) is 34.4 Å². The first kappa shape index (κ1) is 93.0. The molecule has 6 rings (SSSR count). The first-order valence-corrected chi connectivity index (χ1v) is 35.1. The standard InChI is InChI=1S/C38H41Cl2N7O9.C19H19Cl2N3O4.C19H24N4O6.7H2/c1-37(2,3)55-35(52)46-34(47-36(53)56-38(4,5)6)44-25-14-21(18-41)13-24(15-25)31(49)43-20-29(48)42-19-28(33(51)54-7)45-32(50)30-26(39)16-23(17-27(30)40)22-11-9-8-10-12-22;1-28-19(27)15(10-23-16(25)9-22)24-18(26)17-13(20)7-12(8-14(17)21)11-5-3-2-4-6-11;1-18(2,3)28-16(26)22-15(23-17(27)29-19(4,5)6)21-13-8-11(10-20)7-12(9-13)14(24)25;;;;;;;/h8-17,28H,19-20H2,1-7H3,(H,42,48)(H,43,49)(H,45,50)(H2,44,46,47,52,53);2-8,15H,9-10,22H2,1H3,(H,23,25)(H,24,26);7-9H,1-6H3,(H,24,25)(H2,21,22,23,26,27);7*1H/t28-;15-;;;;;;;;/m00......../s1. The molecule has 9 amide bonds. The molecule has 6 aromatic rings. The van der Waals surface area contributed by atoms with E-state index < -0.39 is 125 Å². The number of carbonyl (C=O) groups is 12. The molecule has 0 fully saturated rings. The zero-order valence-corrected chi connectivity index (χ0v) is 66.7. The van der Waals surface area contributed by atoms with Gasteiger partial charge in [0.1, 0.15) is 34.5 Å². The number of halogens is 4. The summed E-state index contributed by atoms with van der Waals surface area (Å²) >= 11 is 25.4. The molecule has 0 spiro atoms. The minimum Gasteiger partial charge on any atom is -0.478 e. The number of hydrogen-bond acceptors (Lipinski definition) is 23. The van der Waals surface area contributed by atoms with Crippen LogP contribution in [0.4, 0.5) is 30.6 Å². The normalized spacial score (nSPS) is 11.3. The van der Waals surface area contributed by atoms with Crippen LogP contribution in [0.25, 0.3) is 22.3 Å². The molecule has 0 saturated heterocycles. The summed E-state index contributed by atoms with van der Waals surface area (Å²) in [6.07, 6.45) is -3.73. The van der Waals surface area contributed by atoms with Crippen molar-refractivity contribution in [1.82, 2.24) is 47.9 Å². The summed E-state index contributed by atoms with van der Waals surface area (Å²) < 4.78 is 30.2. The van der Waals surface area contributed by atoms with Gasteiger partial charge in [-0.25, -0.2) is 43.5 Å². The number of carboxylic acids is 1. The van der Waals surface area contributed by atoms with Gasteiger partial charge >= 0.3 is 42.3 Å². The summed E-state index contributed by atoms with van der Waals surface area (Å²) in [6.45, 7) is 18.2. The van der Waals surface area contributed by atoms with Gasteiger partial charge in [-0.2, -0.15) is 10.5 Å². The number of nitrogens with two attached hydrogens (primary N) is 1. The van der Waals surface area contributed by atoms with Crippen molar-refractivity contribution in [3.63, 3.8) is 0 Å². The Kier molecular flexibility index (Phi) is 35.1. The maximum absolute atomic E-state index is 13.2. The third-order valence-corrected chi connectivity index (χ3v) is 14.7. The van der Waals surface area contributed by atoms with Gasteiger partial charge in [0.25, 0.3) is 17.7 Å². The van der Waals surface area contributed by atoms with Crippen LogP contribution < -0.4 is 53.6 Å². The molecule has 0 bridgehead atoms. The van der Waals surface area contributed by atoms with Crippen molar-refractivity contribution in [2.45, 2.75) is 118 Å². The van der Waals surface area contributed by atoms with E-state index in [4.69, 9.17) is 81.1 Å². The van der Waals surface area contributed by atoms with E-state index in [1.54, 1.807) is 107 Å². The lowest BCUT2D eigenvalue weighted by atomic mass is 10.0. The van der Waals surface area contributed by atoms with E-state index in [1.807, 2.05) is 72.8 Å². The zero-order valence-electron chi connectivity index (χ0n) is 63.7. The zero-order chi connectivity index (χ0) is 84.9. The van der Waals surface area contributed by atoms with Crippen LogP contribution in [0, 0.1) is 22.7 Å². The highest BCUT2D eigenvalue weighted by atomic mass is 35.5. The molecular weight excluding hydrogens is 1550 g/mol. The Morgan fingerprint density at radius 3 is 1.07 bits per heavy atom. The number of rotatable bonds is 19. The number of esters is 2. The highest BCUT2D eigenvalue weighted by Gasteiger charge is 2.30. The van der Waals surface area contributed by atoms with Crippen LogP contribution >= 0.6 is 46.4 Å². The van der Waals surface area contributed by atoms with Gasteiger partial charge in [0.05, 0.1) is 98.7 Å². The summed E-state index contributed by atoms with van der Waals surface area (Å²) in [4.78, 5) is 156. The van der Waals surface area contributed by atoms with Crippen molar-refractivity contribution < 1.29 is 101 Å². The molecule has 0 saturated carbocycles. The van der Waals surface area contributed by atoms with Crippen LogP contribution in [0.15, 0.2) is 131 Å². The Hall–Kier alpha value is -12.4. The van der Waals surface area contributed by atoms with Crippen LogP contribution in [0.3, 0.4) is 0 Å². The second-order valence-electron chi connectivity index (χ2n) is 27.4. The number of nitriles is 2. The summed E-state index contributed by atoms with van der Waals surface area (Å²) in [5.74, 6) is -7.22. The number of amides is 9. The van der Waals surface area contributed by atoms with E-state index in [9.17, 15) is 67.9 Å². The van der Waals surface area contributed by atoms with Crippen molar-refractivity contribution in [2.75, 3.05) is 40.4 Å². The highest BCUT2D eigenvalue weighted by Crippen LogP contribution is 2.34. The molecule has 33 nitrogen and oxygen atoms in total. The van der Waals surface area contributed by atoms with E-state index in [1.165, 1.54) is 43.5 Å². The lowest BCUT2D eigenvalue weighted by Crippen LogP contribution is -2.50. The van der Waals surface area contributed by atoms with Crippen molar-refractivity contribution in [1.29, 1.82) is 10.5 Å². The fourth-order valence-electron chi connectivity index (χ4n) is 8.90. The predicted octanol–water partition coefficient (Wildman–Crippen LogP) is 12.4. The fraction of sp³-hybridized carbons (Fsp3) is 0.316. The number of guanidine groups is 2. The Bertz CT molecular complexity index is 4610. The second-order valence-corrected chi connectivity index (χ2v) is 29.1. The van der Waals surface area contributed by atoms with Crippen LogP contribution in [-0.2, 0) is 47.6 Å². The largest absolute Gasteiger partial charge is 0.478 e. The fourth-order valence-corrected chi connectivity index (χ4v) is 10.2. The van der Waals surface area contributed by atoms with Crippen molar-refractivity contribution in [3.05, 3.63) is 175 Å². The number of nitrogens with one attached hydrogen (secondary N) is 9. The number of carboxylic acid groups (broad SMARTS) is 1. The first-order chi connectivity index (χ1) is 52.7. The molecule has 2 atom stereocenters. The van der Waals surface area contributed by atoms with E-state index in [-0.39, 0.29) is 93.9 Å². The lowest BCUT2D eigenvalue weighted by Gasteiger charge is -2.22. The third-order valence-electron chi connectivity index (χ3n) is 13.5. The van der Waals surface area contributed by atoms with Gasteiger partial charge in [-0.3, -0.25) is 45.2 Å². The Balaban J connectivity index is -0.000000893. The van der Waals surface area contributed by atoms with E-state index in [0.29, 0.717) is 5.56 Å². The van der Waals surface area contributed by atoms with Gasteiger partial charge in [-0.15, -0.1) is 0 Å². The monoisotopic (exact) mass is 1650 g/mol. The maximum Gasteiger partial charge on any atom is 0.414 e. The number of hydrogen-bond donors (Lipinski definition) is 11. The average Bonchev–Trinajstić information content (AvgIpc) is 0.843. The summed E-state index contributed by atoms with van der Waals surface area (Å²) in [6, 6.07) is 33.5. The minimum absolute atomic E-state index is 0. The SMILES string of the molecule is CC(C)(C)OC(=O)NC(=Nc1cc(C#N)cc(C(=O)O)c1)NC(=O)OC(C)(C)C.COC(=O)[C@H](CNC(=O)CN)NC(=O)c1c(Cl)cc(-c2ccccc2)cc1Cl.COC(=O)[C@H](CNC(=O)CNC(=O)c1cc(C#N)cc(N=C(NC(=O)OC(C)(C)C)NC(=O)OC(C)(C)C)c1)NC(=O)c1c(Cl)cc(-c2ccccc2)cc1Cl.[HH].[HH].[HH].[HH].[HH].[HH].[HH]. The molecule has 0 aliphatic carbocycles. The van der Waals surface area contributed by atoms with Gasteiger partial charge < -0.3 is 65.8 Å². The Labute approximate surface area is 680 Å². The number of ether oxygens (including phenoxy) is 6.